The molecule has 0 rings (SSSR count). The van der Waals surface area contributed by atoms with Crippen molar-refractivity contribution in [1.29, 1.82) is 0 Å². The molecule has 100 valence electrons. The average molecular weight is 242 g/mol. The van der Waals surface area contributed by atoms with Crippen LogP contribution < -0.4 is 0 Å². The number of carbonyl (C=O) groups excluding carboxylic acids is 2. The third-order valence-corrected chi connectivity index (χ3v) is 2.96. The molecule has 0 spiro atoms. The molecular weight excluding hydrogens is 216 g/mol. The fraction of sp³-hybridized carbons (Fsp3) is 0.857. The Morgan fingerprint density at radius 2 is 1.53 bits per heavy atom. The van der Waals surface area contributed by atoms with Crippen LogP contribution in [-0.2, 0) is 14.3 Å². The number of unbranched alkanes of at least 4 members (excludes halogenated alkanes) is 6. The third-order valence-electron chi connectivity index (χ3n) is 2.96. The van der Waals surface area contributed by atoms with E-state index in [9.17, 15) is 9.59 Å². The summed E-state index contributed by atoms with van der Waals surface area (Å²) in [5.74, 6) is -1.13. The van der Waals surface area contributed by atoms with Gasteiger partial charge in [0.15, 0.2) is 0 Å². The minimum absolute atomic E-state index is 0.130. The van der Waals surface area contributed by atoms with Crippen LogP contribution >= 0.6 is 0 Å². The second-order valence-electron chi connectivity index (χ2n) is 4.62. The summed E-state index contributed by atoms with van der Waals surface area (Å²) >= 11 is 0. The number of ketones is 1. The van der Waals surface area contributed by atoms with Gasteiger partial charge in [0, 0.05) is 0 Å². The van der Waals surface area contributed by atoms with Crippen LogP contribution in [0.5, 0.6) is 0 Å². The van der Waals surface area contributed by atoms with Crippen LogP contribution in [0.25, 0.3) is 0 Å². The molecule has 0 aromatic rings. The van der Waals surface area contributed by atoms with E-state index in [2.05, 4.69) is 6.92 Å². The molecule has 0 fully saturated rings. The van der Waals surface area contributed by atoms with E-state index in [1.54, 1.807) is 6.92 Å². The summed E-state index contributed by atoms with van der Waals surface area (Å²) in [6, 6.07) is 0. The Morgan fingerprint density at radius 1 is 1.00 bits per heavy atom. The van der Waals surface area contributed by atoms with Gasteiger partial charge in [0.1, 0.15) is 11.7 Å². The van der Waals surface area contributed by atoms with Crippen LogP contribution in [0.2, 0.25) is 0 Å². The summed E-state index contributed by atoms with van der Waals surface area (Å²) in [5.41, 5.74) is 0. The first-order chi connectivity index (χ1) is 8.09. The molecule has 0 aliphatic carbocycles. The van der Waals surface area contributed by atoms with Gasteiger partial charge in [-0.1, -0.05) is 45.4 Å². The van der Waals surface area contributed by atoms with Crippen molar-refractivity contribution >= 4 is 11.8 Å². The lowest BCUT2D eigenvalue weighted by Gasteiger charge is -2.08. The summed E-state index contributed by atoms with van der Waals surface area (Å²) < 4.78 is 5.03. The molecule has 0 aromatic carbocycles. The van der Waals surface area contributed by atoms with E-state index >= 15 is 0 Å². The third kappa shape index (κ3) is 8.90. The maximum absolute atomic E-state index is 11.3. The first-order valence-corrected chi connectivity index (χ1v) is 6.76. The fourth-order valence-electron chi connectivity index (χ4n) is 1.52. The molecule has 0 aliphatic heterocycles. The summed E-state index contributed by atoms with van der Waals surface area (Å²) in [6.07, 6.45) is 8.36. The highest BCUT2D eigenvalue weighted by Crippen LogP contribution is 2.07. The second-order valence-corrected chi connectivity index (χ2v) is 4.62. The smallest absolute Gasteiger partial charge is 0.316 e. The number of hydrogen-bond acceptors (Lipinski definition) is 3. The standard InChI is InChI=1S/C14H26O3/c1-4-5-6-7-8-9-10-11-17-14(16)12(2)13(3)15/h12H,4-11H2,1-3H3. The zero-order chi connectivity index (χ0) is 13.1. The Bertz CT molecular complexity index is 224. The molecule has 0 bridgehead atoms. The Hall–Kier alpha value is -0.860. The zero-order valence-electron chi connectivity index (χ0n) is 11.5. The zero-order valence-corrected chi connectivity index (χ0v) is 11.5. The van der Waals surface area contributed by atoms with E-state index in [1.807, 2.05) is 0 Å². The lowest BCUT2D eigenvalue weighted by atomic mass is 10.1. The first-order valence-electron chi connectivity index (χ1n) is 6.76. The molecule has 1 atom stereocenters. The van der Waals surface area contributed by atoms with Gasteiger partial charge in [0.25, 0.3) is 0 Å². The van der Waals surface area contributed by atoms with Crippen molar-refractivity contribution in [1.82, 2.24) is 0 Å². The minimum Gasteiger partial charge on any atom is -0.465 e. The van der Waals surface area contributed by atoms with Crippen molar-refractivity contribution in [2.24, 2.45) is 5.92 Å². The molecule has 0 radical (unpaired) electrons. The maximum atomic E-state index is 11.3. The Labute approximate surface area is 105 Å². The van der Waals surface area contributed by atoms with Crippen molar-refractivity contribution in [3.8, 4) is 0 Å². The molecule has 3 heteroatoms. The van der Waals surface area contributed by atoms with Crippen molar-refractivity contribution < 1.29 is 14.3 Å². The summed E-state index contributed by atoms with van der Waals surface area (Å²) in [7, 11) is 0. The molecule has 0 aliphatic rings. The van der Waals surface area contributed by atoms with Crippen LogP contribution in [-0.4, -0.2) is 18.4 Å². The van der Waals surface area contributed by atoms with Crippen molar-refractivity contribution in [3.63, 3.8) is 0 Å². The van der Waals surface area contributed by atoms with Gasteiger partial charge >= 0.3 is 5.97 Å². The Morgan fingerprint density at radius 3 is 2.06 bits per heavy atom. The van der Waals surface area contributed by atoms with E-state index < -0.39 is 5.92 Å². The SMILES string of the molecule is CCCCCCCCCOC(=O)C(C)C(C)=O. The van der Waals surface area contributed by atoms with Gasteiger partial charge < -0.3 is 4.74 Å². The molecule has 17 heavy (non-hydrogen) atoms. The van der Waals surface area contributed by atoms with Crippen molar-refractivity contribution in [2.75, 3.05) is 6.61 Å². The molecule has 0 N–H and O–H groups in total. The van der Waals surface area contributed by atoms with E-state index in [4.69, 9.17) is 4.74 Å². The number of ether oxygens (including phenoxy) is 1. The average Bonchev–Trinajstić information content (AvgIpc) is 2.31. The molecule has 0 saturated heterocycles. The molecule has 0 saturated carbocycles. The highest BCUT2D eigenvalue weighted by molar-refractivity contribution is 5.97. The van der Waals surface area contributed by atoms with Crippen LogP contribution in [0.4, 0.5) is 0 Å². The molecular formula is C14H26O3. The number of Topliss-reactive ketones (excluding diaryl/α,β-unsaturated/α-hetero) is 1. The van der Waals surface area contributed by atoms with Gasteiger partial charge in [0.2, 0.25) is 0 Å². The van der Waals surface area contributed by atoms with Gasteiger partial charge in [-0.3, -0.25) is 9.59 Å². The Balaban J connectivity index is 3.34. The topological polar surface area (TPSA) is 43.4 Å². The molecule has 0 amide bonds. The highest BCUT2D eigenvalue weighted by atomic mass is 16.5. The molecule has 0 heterocycles. The van der Waals surface area contributed by atoms with E-state index in [0.717, 1.165) is 12.8 Å². The van der Waals surface area contributed by atoms with Crippen LogP contribution in [0, 0.1) is 5.92 Å². The predicted molar refractivity (Wildman–Crippen MR) is 68.8 cm³/mol. The largest absolute Gasteiger partial charge is 0.465 e. The molecule has 1 unspecified atom stereocenters. The number of rotatable bonds is 10. The highest BCUT2D eigenvalue weighted by Gasteiger charge is 2.18. The van der Waals surface area contributed by atoms with Gasteiger partial charge in [-0.15, -0.1) is 0 Å². The Kier molecular flexibility index (Phi) is 9.78. The van der Waals surface area contributed by atoms with Gasteiger partial charge in [-0.05, 0) is 20.3 Å². The van der Waals surface area contributed by atoms with E-state index in [0.29, 0.717) is 6.61 Å². The number of hydrogen-bond donors (Lipinski definition) is 0. The summed E-state index contributed by atoms with van der Waals surface area (Å²) in [6.45, 7) is 5.66. The lowest BCUT2D eigenvalue weighted by Crippen LogP contribution is -2.21. The van der Waals surface area contributed by atoms with E-state index in [1.165, 1.54) is 39.0 Å². The minimum atomic E-state index is -0.612. The van der Waals surface area contributed by atoms with Crippen LogP contribution in [0.15, 0.2) is 0 Å². The second kappa shape index (κ2) is 10.3. The van der Waals surface area contributed by atoms with E-state index in [-0.39, 0.29) is 11.8 Å². The summed E-state index contributed by atoms with van der Waals surface area (Å²) in [5, 5.41) is 0. The number of esters is 1. The lowest BCUT2D eigenvalue weighted by molar-refractivity contribution is -0.150. The van der Waals surface area contributed by atoms with Gasteiger partial charge in [-0.25, -0.2) is 0 Å². The van der Waals surface area contributed by atoms with Crippen molar-refractivity contribution in [2.45, 2.75) is 65.7 Å². The fourth-order valence-corrected chi connectivity index (χ4v) is 1.52. The van der Waals surface area contributed by atoms with Crippen LogP contribution in [0.3, 0.4) is 0 Å². The quantitative estimate of drug-likeness (QED) is 0.334. The molecule has 0 aromatic heterocycles. The first kappa shape index (κ1) is 16.1. The molecule has 3 nitrogen and oxygen atoms in total. The summed E-state index contributed by atoms with van der Waals surface area (Å²) in [4.78, 5) is 22.2. The van der Waals surface area contributed by atoms with Gasteiger partial charge in [-0.2, -0.15) is 0 Å². The maximum Gasteiger partial charge on any atom is 0.316 e. The normalized spacial score (nSPS) is 12.2. The predicted octanol–water partition coefficient (Wildman–Crippen LogP) is 3.51. The monoisotopic (exact) mass is 242 g/mol. The number of carbonyl (C=O) groups is 2. The van der Waals surface area contributed by atoms with Crippen molar-refractivity contribution in [3.05, 3.63) is 0 Å². The van der Waals surface area contributed by atoms with Gasteiger partial charge in [0.05, 0.1) is 6.61 Å². The van der Waals surface area contributed by atoms with Crippen LogP contribution in [0.1, 0.15) is 65.7 Å².